The molecule has 1 atom stereocenters. The van der Waals surface area contributed by atoms with Gasteiger partial charge in [0.15, 0.2) is 0 Å². The van der Waals surface area contributed by atoms with E-state index in [4.69, 9.17) is 16.3 Å². The molecule has 6 rings (SSSR count). The summed E-state index contributed by atoms with van der Waals surface area (Å²) in [7, 11) is 0. The third kappa shape index (κ3) is 5.86. The van der Waals surface area contributed by atoms with Crippen molar-refractivity contribution < 1.29 is 4.74 Å². The molecule has 2 nitrogen and oxygen atoms in total. The molecule has 0 aliphatic heterocycles. The molecule has 3 heteroatoms. The first-order chi connectivity index (χ1) is 17.5. The van der Waals surface area contributed by atoms with E-state index in [1.807, 2.05) is 12.1 Å². The third-order valence-corrected chi connectivity index (χ3v) is 9.40. The van der Waals surface area contributed by atoms with Gasteiger partial charge in [0.25, 0.3) is 0 Å². The number of allylic oxidation sites excluding steroid dienone is 1. The minimum Gasteiger partial charge on any atom is -0.491 e. The Morgan fingerprint density at radius 1 is 0.833 bits per heavy atom. The van der Waals surface area contributed by atoms with Gasteiger partial charge in [-0.25, -0.2) is 0 Å². The normalized spacial score (nSPS) is 25.4. The molecule has 2 aromatic carbocycles. The van der Waals surface area contributed by atoms with Crippen molar-refractivity contribution in [1.29, 1.82) is 0 Å². The molecule has 0 saturated heterocycles. The predicted octanol–water partition coefficient (Wildman–Crippen LogP) is 8.88. The molecule has 0 radical (unpaired) electrons. The molecule has 36 heavy (non-hydrogen) atoms. The first kappa shape index (κ1) is 25.9. The molecular formula is C33H44ClNO. The van der Waals surface area contributed by atoms with Gasteiger partial charge >= 0.3 is 0 Å². The largest absolute Gasteiger partial charge is 0.491 e. The van der Waals surface area contributed by atoms with E-state index < -0.39 is 0 Å². The van der Waals surface area contributed by atoms with E-state index in [1.54, 1.807) is 5.57 Å². The zero-order valence-corrected chi connectivity index (χ0v) is 23.3. The second-order valence-corrected chi connectivity index (χ2v) is 12.1. The molecule has 194 valence electrons. The number of hydrogen-bond donors (Lipinski definition) is 0. The molecule has 0 N–H and O–H groups in total. The lowest BCUT2D eigenvalue weighted by molar-refractivity contribution is 0.0705. The maximum atomic E-state index is 6.32. The Balaban J connectivity index is 1.31. The fourth-order valence-corrected chi connectivity index (χ4v) is 7.64. The van der Waals surface area contributed by atoms with Crippen molar-refractivity contribution in [1.82, 2.24) is 4.90 Å². The van der Waals surface area contributed by atoms with E-state index in [1.165, 1.54) is 68.2 Å². The van der Waals surface area contributed by atoms with E-state index >= 15 is 0 Å². The molecule has 0 aromatic heterocycles. The average molecular weight is 506 g/mol. The molecule has 0 spiro atoms. The van der Waals surface area contributed by atoms with Crippen LogP contribution >= 0.6 is 11.6 Å². The lowest BCUT2D eigenvalue weighted by atomic mass is 9.53. The average Bonchev–Trinajstić information content (AvgIpc) is 2.87. The van der Waals surface area contributed by atoms with Crippen LogP contribution in [0.3, 0.4) is 0 Å². The first-order valence-corrected chi connectivity index (χ1v) is 14.9. The number of hydrogen-bond acceptors (Lipinski definition) is 2. The monoisotopic (exact) mass is 505 g/mol. The summed E-state index contributed by atoms with van der Waals surface area (Å²) in [4.78, 5) is 2.50. The molecule has 4 bridgehead atoms. The summed E-state index contributed by atoms with van der Waals surface area (Å²) >= 11 is 6.28. The van der Waals surface area contributed by atoms with Crippen molar-refractivity contribution in [2.24, 2.45) is 23.7 Å². The van der Waals surface area contributed by atoms with E-state index in [0.29, 0.717) is 0 Å². The van der Waals surface area contributed by atoms with Crippen molar-refractivity contribution in [3.63, 3.8) is 0 Å². The highest BCUT2D eigenvalue weighted by molar-refractivity contribution is 6.30. The van der Waals surface area contributed by atoms with Crippen molar-refractivity contribution in [2.45, 2.75) is 78.2 Å². The Labute approximate surface area is 224 Å². The molecule has 2 aromatic rings. The minimum absolute atomic E-state index is 0.242. The third-order valence-electron chi connectivity index (χ3n) is 9.15. The highest BCUT2D eigenvalue weighted by Crippen LogP contribution is 2.58. The zero-order valence-electron chi connectivity index (χ0n) is 22.5. The first-order valence-electron chi connectivity index (χ1n) is 14.5. The maximum Gasteiger partial charge on any atom is 0.119 e. The number of nitrogens with zero attached hydrogens (tertiary/aromatic N) is 1. The Morgan fingerprint density at radius 3 is 1.94 bits per heavy atom. The maximum absolute atomic E-state index is 6.32. The molecule has 1 unspecified atom stereocenters. The SMILES string of the molecule is CCN(CC)CCCCC(C)Oc1ccc(C(=C2C3CC4CC(C3)CC2C4)c2ccc(Cl)cc2)cc1. The Bertz CT molecular complexity index is 991. The summed E-state index contributed by atoms with van der Waals surface area (Å²) in [5.74, 6) is 4.44. The van der Waals surface area contributed by atoms with Crippen LogP contribution in [0, 0.1) is 23.7 Å². The van der Waals surface area contributed by atoms with Crippen molar-refractivity contribution in [3.05, 3.63) is 70.3 Å². The summed E-state index contributed by atoms with van der Waals surface area (Å²) in [6.07, 6.45) is 10.9. The standard InChI is InChI=1S/C33H44ClNO/c1-4-35(5-2)17-7-6-8-23(3)36-31-15-11-27(12-16-31)32(26-9-13-30(34)14-10-26)33-28-19-24-18-25(21-28)22-29(33)20-24/h9-16,23-25,28-29H,4-8,17-22H2,1-3H3. The second-order valence-electron chi connectivity index (χ2n) is 11.6. The molecule has 0 amide bonds. The van der Waals surface area contributed by atoms with Gasteiger partial charge in [-0.05, 0) is 143 Å². The van der Waals surface area contributed by atoms with Crippen LogP contribution in [-0.4, -0.2) is 30.6 Å². The van der Waals surface area contributed by atoms with E-state index in [2.05, 4.69) is 62.1 Å². The van der Waals surface area contributed by atoms with Crippen molar-refractivity contribution in [2.75, 3.05) is 19.6 Å². The van der Waals surface area contributed by atoms with E-state index in [0.717, 1.165) is 54.0 Å². The number of benzene rings is 2. The van der Waals surface area contributed by atoms with Gasteiger partial charge in [-0.15, -0.1) is 0 Å². The quantitative estimate of drug-likeness (QED) is 0.283. The lowest BCUT2D eigenvalue weighted by Gasteiger charge is -2.52. The van der Waals surface area contributed by atoms with E-state index in [-0.39, 0.29) is 6.10 Å². The van der Waals surface area contributed by atoms with Crippen LogP contribution in [0.1, 0.15) is 83.3 Å². The van der Waals surface area contributed by atoms with Gasteiger partial charge in [0.1, 0.15) is 5.75 Å². The Kier molecular flexibility index (Phi) is 8.43. The van der Waals surface area contributed by atoms with Crippen LogP contribution in [0.15, 0.2) is 54.1 Å². The summed E-state index contributed by atoms with van der Waals surface area (Å²) in [6.45, 7) is 10.2. The highest BCUT2D eigenvalue weighted by Gasteiger charge is 2.46. The van der Waals surface area contributed by atoms with Crippen LogP contribution in [0.2, 0.25) is 5.02 Å². The van der Waals surface area contributed by atoms with Gasteiger partial charge in [0, 0.05) is 5.02 Å². The minimum atomic E-state index is 0.242. The summed E-state index contributed by atoms with van der Waals surface area (Å²) in [5.41, 5.74) is 5.85. The molecular weight excluding hydrogens is 462 g/mol. The number of ether oxygens (including phenoxy) is 1. The van der Waals surface area contributed by atoms with Crippen LogP contribution < -0.4 is 4.74 Å². The molecule has 4 aliphatic carbocycles. The number of halogens is 1. The zero-order chi connectivity index (χ0) is 25.1. The van der Waals surface area contributed by atoms with Gasteiger partial charge in [-0.2, -0.15) is 0 Å². The molecule has 4 aliphatic rings. The second kappa shape index (κ2) is 11.7. The Hall–Kier alpha value is -1.77. The summed E-state index contributed by atoms with van der Waals surface area (Å²) in [5, 5.41) is 0.808. The van der Waals surface area contributed by atoms with Gasteiger partial charge in [0.05, 0.1) is 6.10 Å². The molecule has 4 fully saturated rings. The lowest BCUT2D eigenvalue weighted by Crippen LogP contribution is -2.40. The predicted molar refractivity (Wildman–Crippen MR) is 153 cm³/mol. The Morgan fingerprint density at radius 2 is 1.39 bits per heavy atom. The fraction of sp³-hybridized carbons (Fsp3) is 0.576. The van der Waals surface area contributed by atoms with Crippen molar-refractivity contribution >= 4 is 17.2 Å². The van der Waals surface area contributed by atoms with Crippen LogP contribution in [0.25, 0.3) is 5.57 Å². The topological polar surface area (TPSA) is 12.5 Å². The summed E-state index contributed by atoms with van der Waals surface area (Å²) < 4.78 is 6.32. The van der Waals surface area contributed by atoms with Crippen LogP contribution in [-0.2, 0) is 0 Å². The van der Waals surface area contributed by atoms with Crippen LogP contribution in [0.4, 0.5) is 0 Å². The number of rotatable bonds is 11. The fourth-order valence-electron chi connectivity index (χ4n) is 7.52. The molecule has 4 saturated carbocycles. The summed E-state index contributed by atoms with van der Waals surface area (Å²) in [6, 6.07) is 17.5. The molecule has 0 heterocycles. The van der Waals surface area contributed by atoms with Gasteiger partial charge in [0.2, 0.25) is 0 Å². The van der Waals surface area contributed by atoms with E-state index in [9.17, 15) is 0 Å². The van der Waals surface area contributed by atoms with Gasteiger partial charge in [-0.3, -0.25) is 0 Å². The highest BCUT2D eigenvalue weighted by atomic mass is 35.5. The van der Waals surface area contributed by atoms with Gasteiger partial charge in [-0.1, -0.05) is 55.3 Å². The van der Waals surface area contributed by atoms with Crippen molar-refractivity contribution in [3.8, 4) is 5.75 Å². The van der Waals surface area contributed by atoms with Crippen LogP contribution in [0.5, 0.6) is 5.75 Å². The smallest absolute Gasteiger partial charge is 0.119 e. The number of unbranched alkanes of at least 4 members (excludes halogenated alkanes) is 1. The van der Waals surface area contributed by atoms with Gasteiger partial charge < -0.3 is 9.64 Å².